The minimum atomic E-state index is -1.40. The summed E-state index contributed by atoms with van der Waals surface area (Å²) in [5, 5.41) is 8.52. The number of rotatable bonds is 7. The van der Waals surface area contributed by atoms with Crippen LogP contribution >= 0.6 is 0 Å². The van der Waals surface area contributed by atoms with E-state index >= 15 is 0 Å². The number of carbonyl (C=O) groups is 2. The predicted molar refractivity (Wildman–Crippen MR) is 69.7 cm³/mol. The fraction of sp³-hybridized carbons (Fsp3) is 0.429. The lowest BCUT2D eigenvalue weighted by Crippen LogP contribution is -2.13. The highest BCUT2D eigenvalue weighted by Gasteiger charge is 2.12. The second-order valence-corrected chi connectivity index (χ2v) is 4.38. The molecule has 0 radical (unpaired) electrons. The Hall–Kier alpha value is -2.04. The summed E-state index contributed by atoms with van der Waals surface area (Å²) in [4.78, 5) is 21.5. The zero-order valence-electron chi connectivity index (χ0n) is 11.3. The lowest BCUT2D eigenvalue weighted by atomic mass is 10.1. The molecule has 0 bridgehead atoms. The minimum absolute atomic E-state index is 0.00445. The van der Waals surface area contributed by atoms with Gasteiger partial charge in [0, 0.05) is 6.42 Å². The first-order valence-corrected chi connectivity index (χ1v) is 6.03. The van der Waals surface area contributed by atoms with E-state index in [9.17, 15) is 9.59 Å². The van der Waals surface area contributed by atoms with E-state index < -0.39 is 11.8 Å². The Kier molecular flexibility index (Phi) is 5.36. The molecule has 0 atom stereocenters. The van der Waals surface area contributed by atoms with Crippen LogP contribution in [0.2, 0.25) is 0 Å². The molecule has 5 nitrogen and oxygen atoms in total. The molecule has 104 valence electrons. The quantitative estimate of drug-likeness (QED) is 0.765. The number of ether oxygens (including phenoxy) is 2. The van der Waals surface area contributed by atoms with Gasteiger partial charge < -0.3 is 14.6 Å². The molecule has 0 amide bonds. The van der Waals surface area contributed by atoms with Crippen LogP contribution in [0, 0.1) is 0 Å². The summed E-state index contributed by atoms with van der Waals surface area (Å²) in [6.45, 7) is 3.81. The molecule has 1 aromatic rings. The first kappa shape index (κ1) is 15.0. The number of carbonyl (C=O) groups excluding carboxylic acids is 1. The molecule has 0 heterocycles. The molecule has 1 N–H and O–H groups in total. The summed E-state index contributed by atoms with van der Waals surface area (Å²) < 4.78 is 10.8. The third kappa shape index (κ3) is 4.62. The molecule has 0 aliphatic heterocycles. The first-order chi connectivity index (χ1) is 8.93. The van der Waals surface area contributed by atoms with Crippen LogP contribution in [-0.2, 0) is 16.0 Å². The van der Waals surface area contributed by atoms with Crippen LogP contribution in [-0.4, -0.2) is 30.1 Å². The van der Waals surface area contributed by atoms with Gasteiger partial charge in [0.1, 0.15) is 0 Å². The van der Waals surface area contributed by atoms with Crippen LogP contribution in [0.3, 0.4) is 0 Å². The molecule has 1 aromatic carbocycles. The Morgan fingerprint density at radius 3 is 2.47 bits per heavy atom. The van der Waals surface area contributed by atoms with Crippen LogP contribution in [0.15, 0.2) is 18.2 Å². The fourth-order valence-corrected chi connectivity index (χ4v) is 1.59. The zero-order chi connectivity index (χ0) is 14.4. The number of aryl methyl sites for hydroxylation is 1. The van der Waals surface area contributed by atoms with Crippen molar-refractivity contribution in [2.24, 2.45) is 0 Å². The Balaban J connectivity index is 2.80. The standard InChI is InChI=1S/C14H18O5/c1-9(2)19-13-8-10(5-7-12(13)18-3)4-6-11(15)14(16)17/h5,7-9H,4,6H2,1-3H3,(H,16,17). The van der Waals surface area contributed by atoms with Crippen LogP contribution in [0.5, 0.6) is 11.5 Å². The molecule has 5 heteroatoms. The van der Waals surface area contributed by atoms with E-state index in [0.29, 0.717) is 17.9 Å². The van der Waals surface area contributed by atoms with Crippen molar-refractivity contribution in [3.8, 4) is 11.5 Å². The van der Waals surface area contributed by atoms with Gasteiger partial charge >= 0.3 is 5.97 Å². The van der Waals surface area contributed by atoms with Crippen molar-refractivity contribution < 1.29 is 24.2 Å². The number of hydrogen-bond acceptors (Lipinski definition) is 4. The highest BCUT2D eigenvalue weighted by Crippen LogP contribution is 2.29. The lowest BCUT2D eigenvalue weighted by molar-refractivity contribution is -0.149. The maximum absolute atomic E-state index is 11.0. The molecular weight excluding hydrogens is 248 g/mol. The van der Waals surface area contributed by atoms with Crippen LogP contribution < -0.4 is 9.47 Å². The van der Waals surface area contributed by atoms with E-state index in [4.69, 9.17) is 14.6 Å². The molecule has 0 unspecified atom stereocenters. The Morgan fingerprint density at radius 1 is 1.26 bits per heavy atom. The van der Waals surface area contributed by atoms with E-state index in [-0.39, 0.29) is 12.5 Å². The Labute approximate surface area is 112 Å². The third-order valence-electron chi connectivity index (χ3n) is 2.47. The van der Waals surface area contributed by atoms with Gasteiger partial charge in [-0.05, 0) is 38.0 Å². The normalized spacial score (nSPS) is 10.3. The van der Waals surface area contributed by atoms with E-state index in [1.165, 1.54) is 0 Å². The molecule has 19 heavy (non-hydrogen) atoms. The van der Waals surface area contributed by atoms with Crippen molar-refractivity contribution in [1.82, 2.24) is 0 Å². The first-order valence-electron chi connectivity index (χ1n) is 6.03. The monoisotopic (exact) mass is 266 g/mol. The number of methoxy groups -OCH3 is 1. The third-order valence-corrected chi connectivity index (χ3v) is 2.47. The molecule has 0 saturated carbocycles. The van der Waals surface area contributed by atoms with E-state index in [1.807, 2.05) is 13.8 Å². The van der Waals surface area contributed by atoms with E-state index in [1.54, 1.807) is 25.3 Å². The van der Waals surface area contributed by atoms with Crippen molar-refractivity contribution >= 4 is 11.8 Å². The van der Waals surface area contributed by atoms with Crippen LogP contribution in [0.4, 0.5) is 0 Å². The number of carboxylic acid groups (broad SMARTS) is 1. The lowest BCUT2D eigenvalue weighted by Gasteiger charge is -2.14. The van der Waals surface area contributed by atoms with Gasteiger partial charge in [0.05, 0.1) is 13.2 Å². The second-order valence-electron chi connectivity index (χ2n) is 4.38. The van der Waals surface area contributed by atoms with E-state index in [2.05, 4.69) is 0 Å². The number of carboxylic acids is 1. The molecular formula is C14H18O5. The number of Topliss-reactive ketones (excluding diaryl/α,β-unsaturated/α-hetero) is 1. The van der Waals surface area contributed by atoms with Crippen molar-refractivity contribution in [1.29, 1.82) is 0 Å². The van der Waals surface area contributed by atoms with Crippen molar-refractivity contribution in [2.45, 2.75) is 32.8 Å². The van der Waals surface area contributed by atoms with Gasteiger partial charge in [-0.1, -0.05) is 6.07 Å². The molecule has 0 fully saturated rings. The van der Waals surface area contributed by atoms with Gasteiger partial charge in [-0.2, -0.15) is 0 Å². The average molecular weight is 266 g/mol. The van der Waals surface area contributed by atoms with Gasteiger partial charge in [-0.15, -0.1) is 0 Å². The summed E-state index contributed by atoms with van der Waals surface area (Å²) in [7, 11) is 1.55. The van der Waals surface area contributed by atoms with Crippen molar-refractivity contribution in [2.75, 3.05) is 7.11 Å². The largest absolute Gasteiger partial charge is 0.493 e. The summed E-state index contributed by atoms with van der Waals surface area (Å²) in [5.74, 6) is -0.978. The molecule has 0 saturated heterocycles. The van der Waals surface area contributed by atoms with E-state index in [0.717, 1.165) is 5.56 Å². The highest BCUT2D eigenvalue weighted by molar-refractivity contribution is 6.32. The summed E-state index contributed by atoms with van der Waals surface area (Å²) in [6, 6.07) is 5.31. The minimum Gasteiger partial charge on any atom is -0.493 e. The smallest absolute Gasteiger partial charge is 0.372 e. The highest BCUT2D eigenvalue weighted by atomic mass is 16.5. The number of hydrogen-bond donors (Lipinski definition) is 1. The second kappa shape index (κ2) is 6.78. The summed E-state index contributed by atoms with van der Waals surface area (Å²) in [6.07, 6.45) is 0.344. The molecule has 0 aliphatic carbocycles. The maximum Gasteiger partial charge on any atom is 0.372 e. The average Bonchev–Trinajstić information content (AvgIpc) is 2.35. The Bertz CT molecular complexity index is 465. The number of benzene rings is 1. The van der Waals surface area contributed by atoms with Gasteiger partial charge in [-0.25, -0.2) is 4.79 Å². The topological polar surface area (TPSA) is 72.8 Å². The molecule has 1 rings (SSSR count). The SMILES string of the molecule is COc1ccc(CCC(=O)C(=O)O)cc1OC(C)C. The van der Waals surface area contributed by atoms with Crippen molar-refractivity contribution in [3.05, 3.63) is 23.8 Å². The summed E-state index contributed by atoms with van der Waals surface area (Å²) in [5.41, 5.74) is 0.839. The van der Waals surface area contributed by atoms with Crippen LogP contribution in [0.1, 0.15) is 25.8 Å². The maximum atomic E-state index is 11.0. The Morgan fingerprint density at radius 2 is 1.95 bits per heavy atom. The van der Waals surface area contributed by atoms with Crippen molar-refractivity contribution in [3.63, 3.8) is 0 Å². The van der Waals surface area contributed by atoms with Gasteiger partial charge in [-0.3, -0.25) is 4.79 Å². The molecule has 0 aliphatic rings. The molecule has 0 spiro atoms. The van der Waals surface area contributed by atoms with Gasteiger partial charge in [0.25, 0.3) is 0 Å². The van der Waals surface area contributed by atoms with Gasteiger partial charge in [0.2, 0.25) is 5.78 Å². The fourth-order valence-electron chi connectivity index (χ4n) is 1.59. The van der Waals surface area contributed by atoms with Gasteiger partial charge in [0.15, 0.2) is 11.5 Å². The molecule has 0 aromatic heterocycles. The summed E-state index contributed by atoms with van der Waals surface area (Å²) >= 11 is 0. The number of aliphatic carboxylic acids is 1. The zero-order valence-corrected chi connectivity index (χ0v) is 11.3. The van der Waals surface area contributed by atoms with Crippen LogP contribution in [0.25, 0.3) is 0 Å². The number of ketones is 1. The predicted octanol–water partition coefficient (Wildman–Crippen LogP) is 2.07.